The van der Waals surface area contributed by atoms with Crippen LogP contribution in [-0.2, 0) is 6.61 Å². The summed E-state index contributed by atoms with van der Waals surface area (Å²) in [6.07, 6.45) is 1.71. The number of hydrogen-bond acceptors (Lipinski definition) is 6. The van der Waals surface area contributed by atoms with E-state index in [0.717, 1.165) is 26.4 Å². The van der Waals surface area contributed by atoms with Crippen molar-refractivity contribution in [3.05, 3.63) is 68.1 Å². The number of nitrogens with one attached hydrogen (secondary N) is 1. The van der Waals surface area contributed by atoms with Crippen LogP contribution in [0.5, 0.6) is 11.5 Å². The zero-order chi connectivity index (χ0) is 19.9. The van der Waals surface area contributed by atoms with E-state index in [1.165, 1.54) is 11.3 Å². The molecule has 0 aliphatic carbocycles. The van der Waals surface area contributed by atoms with Gasteiger partial charge < -0.3 is 9.47 Å². The topological polar surface area (TPSA) is 55.7 Å². The predicted octanol–water partition coefficient (Wildman–Crippen LogP) is 6.29. The number of benzene rings is 2. The molecule has 0 atom stereocenters. The van der Waals surface area contributed by atoms with Crippen LogP contribution in [0.3, 0.4) is 0 Å². The zero-order valence-electron chi connectivity index (χ0n) is 15.4. The van der Waals surface area contributed by atoms with Crippen molar-refractivity contribution in [3.8, 4) is 11.5 Å². The summed E-state index contributed by atoms with van der Waals surface area (Å²) in [5.41, 5.74) is 5.66. The lowest BCUT2D eigenvalue weighted by molar-refractivity contribution is 0.267. The second-order valence-corrected chi connectivity index (χ2v) is 7.93. The number of aromatic nitrogens is 1. The second-order valence-electron chi connectivity index (χ2n) is 5.81. The molecule has 3 rings (SSSR count). The SMILES string of the molecule is CCOc1cc(C=NNc2nc(C)cs2)cc(Br)c1OCc1ccccc1Cl. The molecular formula is C20H19BrClN3O2S. The molecule has 1 N–H and O–H groups in total. The number of aryl methyl sites for hydroxylation is 1. The zero-order valence-corrected chi connectivity index (χ0v) is 18.6. The number of anilines is 1. The summed E-state index contributed by atoms with van der Waals surface area (Å²) < 4.78 is 12.5. The number of thiazole rings is 1. The number of ether oxygens (including phenoxy) is 2. The Balaban J connectivity index is 1.76. The van der Waals surface area contributed by atoms with E-state index in [-0.39, 0.29) is 0 Å². The number of nitrogens with zero attached hydrogens (tertiary/aromatic N) is 2. The fourth-order valence-electron chi connectivity index (χ4n) is 2.40. The van der Waals surface area contributed by atoms with Crippen molar-refractivity contribution in [2.45, 2.75) is 20.5 Å². The molecule has 5 nitrogen and oxygen atoms in total. The first-order chi connectivity index (χ1) is 13.6. The van der Waals surface area contributed by atoms with Crippen molar-refractivity contribution in [1.29, 1.82) is 0 Å². The Morgan fingerprint density at radius 3 is 2.82 bits per heavy atom. The van der Waals surface area contributed by atoms with Gasteiger partial charge in [0.25, 0.3) is 0 Å². The van der Waals surface area contributed by atoms with Crippen LogP contribution < -0.4 is 14.9 Å². The highest BCUT2D eigenvalue weighted by Gasteiger charge is 2.13. The Hall–Kier alpha value is -2.09. The van der Waals surface area contributed by atoms with Crippen LogP contribution in [0.1, 0.15) is 23.7 Å². The van der Waals surface area contributed by atoms with Crippen LogP contribution in [-0.4, -0.2) is 17.8 Å². The highest BCUT2D eigenvalue weighted by Crippen LogP contribution is 2.37. The van der Waals surface area contributed by atoms with Gasteiger partial charge in [-0.05, 0) is 53.5 Å². The first-order valence-corrected chi connectivity index (χ1v) is 10.7. The molecule has 0 fully saturated rings. The number of hydrazone groups is 1. The van der Waals surface area contributed by atoms with E-state index in [1.54, 1.807) is 6.21 Å². The van der Waals surface area contributed by atoms with Gasteiger partial charge in [-0.2, -0.15) is 5.10 Å². The molecule has 0 saturated carbocycles. The van der Waals surface area contributed by atoms with E-state index >= 15 is 0 Å². The van der Waals surface area contributed by atoms with Crippen molar-refractivity contribution < 1.29 is 9.47 Å². The van der Waals surface area contributed by atoms with E-state index in [2.05, 4.69) is 31.4 Å². The van der Waals surface area contributed by atoms with Crippen LogP contribution in [0.2, 0.25) is 5.02 Å². The molecular weight excluding hydrogens is 462 g/mol. The highest BCUT2D eigenvalue weighted by molar-refractivity contribution is 9.10. The molecule has 0 spiro atoms. The molecule has 2 aromatic carbocycles. The molecule has 1 heterocycles. The van der Waals surface area contributed by atoms with Gasteiger partial charge in [0.2, 0.25) is 5.13 Å². The standard InChI is InChI=1S/C20H19BrClN3O2S/c1-3-26-18-9-14(10-23-25-20-24-13(2)12-28-20)8-16(21)19(18)27-11-15-6-4-5-7-17(15)22/h4-10,12H,3,11H2,1-2H3,(H,24,25). The summed E-state index contributed by atoms with van der Waals surface area (Å²) in [6.45, 7) is 4.74. The third-order valence-corrected chi connectivity index (χ3v) is 5.48. The summed E-state index contributed by atoms with van der Waals surface area (Å²) in [5, 5.41) is 7.62. The fraction of sp³-hybridized carbons (Fsp3) is 0.200. The minimum absolute atomic E-state index is 0.344. The molecule has 0 aliphatic heterocycles. The quantitative estimate of drug-likeness (QED) is 0.304. The normalized spacial score (nSPS) is 11.0. The average molecular weight is 481 g/mol. The van der Waals surface area contributed by atoms with Gasteiger partial charge in [-0.1, -0.05) is 29.8 Å². The van der Waals surface area contributed by atoms with E-state index < -0.39 is 0 Å². The smallest absolute Gasteiger partial charge is 0.203 e. The maximum Gasteiger partial charge on any atom is 0.203 e. The van der Waals surface area contributed by atoms with Crippen molar-refractivity contribution >= 4 is 50.2 Å². The van der Waals surface area contributed by atoms with Crippen LogP contribution in [0.4, 0.5) is 5.13 Å². The summed E-state index contributed by atoms with van der Waals surface area (Å²) in [7, 11) is 0. The minimum atomic E-state index is 0.344. The summed E-state index contributed by atoms with van der Waals surface area (Å²) >= 11 is 11.3. The molecule has 28 heavy (non-hydrogen) atoms. The van der Waals surface area contributed by atoms with Crippen LogP contribution in [0, 0.1) is 6.92 Å². The molecule has 8 heteroatoms. The molecule has 0 radical (unpaired) electrons. The molecule has 3 aromatic rings. The molecule has 0 amide bonds. The summed E-state index contributed by atoms with van der Waals surface area (Å²) in [4.78, 5) is 4.31. The molecule has 1 aromatic heterocycles. The Labute approximate surface area is 181 Å². The van der Waals surface area contributed by atoms with Crippen LogP contribution in [0.15, 0.2) is 51.4 Å². The fourth-order valence-corrected chi connectivity index (χ4v) is 3.80. The van der Waals surface area contributed by atoms with Crippen LogP contribution in [0.25, 0.3) is 0 Å². The maximum absolute atomic E-state index is 6.21. The summed E-state index contributed by atoms with van der Waals surface area (Å²) in [6, 6.07) is 11.4. The average Bonchev–Trinajstić information content (AvgIpc) is 3.08. The van der Waals surface area contributed by atoms with Crippen molar-refractivity contribution in [2.24, 2.45) is 5.10 Å². The van der Waals surface area contributed by atoms with Gasteiger partial charge in [-0.15, -0.1) is 11.3 Å². The van der Waals surface area contributed by atoms with Gasteiger partial charge in [0.15, 0.2) is 11.5 Å². The number of hydrogen-bond donors (Lipinski definition) is 1. The largest absolute Gasteiger partial charge is 0.490 e. The van der Waals surface area contributed by atoms with E-state index in [1.807, 2.05) is 55.6 Å². The first kappa shape index (κ1) is 20.6. The lowest BCUT2D eigenvalue weighted by Crippen LogP contribution is -2.02. The van der Waals surface area contributed by atoms with Gasteiger partial charge in [0, 0.05) is 16.0 Å². The lowest BCUT2D eigenvalue weighted by atomic mass is 10.2. The molecule has 0 aliphatic rings. The van der Waals surface area contributed by atoms with Gasteiger partial charge in [0.05, 0.1) is 23.0 Å². The Morgan fingerprint density at radius 2 is 2.11 bits per heavy atom. The Bertz CT molecular complexity index is 978. The third-order valence-electron chi connectivity index (χ3n) is 3.65. The first-order valence-electron chi connectivity index (χ1n) is 8.60. The van der Waals surface area contributed by atoms with E-state index in [0.29, 0.717) is 29.7 Å². The van der Waals surface area contributed by atoms with E-state index in [9.17, 15) is 0 Å². The second kappa shape index (κ2) is 9.91. The van der Waals surface area contributed by atoms with Crippen LogP contribution >= 0.6 is 38.9 Å². The van der Waals surface area contributed by atoms with Gasteiger partial charge in [0.1, 0.15) is 6.61 Å². The predicted molar refractivity (Wildman–Crippen MR) is 119 cm³/mol. The van der Waals surface area contributed by atoms with Gasteiger partial charge in [-0.25, -0.2) is 4.98 Å². The molecule has 0 saturated heterocycles. The highest BCUT2D eigenvalue weighted by atomic mass is 79.9. The maximum atomic E-state index is 6.21. The molecule has 0 bridgehead atoms. The Morgan fingerprint density at radius 1 is 1.29 bits per heavy atom. The lowest BCUT2D eigenvalue weighted by Gasteiger charge is -2.15. The number of halogens is 2. The van der Waals surface area contributed by atoms with Crippen molar-refractivity contribution in [1.82, 2.24) is 4.98 Å². The molecule has 0 unspecified atom stereocenters. The van der Waals surface area contributed by atoms with Gasteiger partial charge >= 0.3 is 0 Å². The minimum Gasteiger partial charge on any atom is -0.490 e. The monoisotopic (exact) mass is 479 g/mol. The van der Waals surface area contributed by atoms with E-state index in [4.69, 9.17) is 21.1 Å². The van der Waals surface area contributed by atoms with Crippen molar-refractivity contribution in [2.75, 3.05) is 12.0 Å². The third kappa shape index (κ3) is 5.47. The van der Waals surface area contributed by atoms with Gasteiger partial charge in [-0.3, -0.25) is 5.43 Å². The number of rotatable bonds is 8. The molecule has 146 valence electrons. The van der Waals surface area contributed by atoms with Crippen molar-refractivity contribution in [3.63, 3.8) is 0 Å². The Kier molecular flexibility index (Phi) is 7.30. The summed E-state index contributed by atoms with van der Waals surface area (Å²) in [5.74, 6) is 1.26.